The van der Waals surface area contributed by atoms with E-state index >= 15 is 0 Å². The summed E-state index contributed by atoms with van der Waals surface area (Å²) >= 11 is 0. The van der Waals surface area contributed by atoms with Gasteiger partial charge in [0.2, 0.25) is 16.8 Å². The van der Waals surface area contributed by atoms with Gasteiger partial charge >= 0.3 is 0 Å². The highest BCUT2D eigenvalue weighted by molar-refractivity contribution is 7.89. The molecule has 0 saturated carbocycles. The van der Waals surface area contributed by atoms with Crippen molar-refractivity contribution in [1.82, 2.24) is 14.5 Å². The van der Waals surface area contributed by atoms with Crippen LogP contribution in [-0.2, 0) is 21.4 Å². The molecule has 9 nitrogen and oxygen atoms in total. The molecule has 1 N–H and O–H groups in total. The van der Waals surface area contributed by atoms with Gasteiger partial charge in [0.05, 0.1) is 4.90 Å². The number of carbonyl (C=O) groups is 1. The number of hydrogen-bond donors (Lipinski definition) is 1. The van der Waals surface area contributed by atoms with Crippen LogP contribution in [0.15, 0.2) is 47.4 Å². The van der Waals surface area contributed by atoms with Gasteiger partial charge in [-0.05, 0) is 62.7 Å². The molecule has 0 aliphatic carbocycles. The van der Waals surface area contributed by atoms with E-state index in [4.69, 9.17) is 14.2 Å². The molecule has 2 aliphatic rings. The largest absolute Gasteiger partial charge is 0.484 e. The predicted octanol–water partition coefficient (Wildman–Crippen LogP) is 2.22. The lowest BCUT2D eigenvalue weighted by Crippen LogP contribution is -2.49. The van der Waals surface area contributed by atoms with Crippen molar-refractivity contribution in [2.24, 2.45) is 0 Å². The lowest BCUT2D eigenvalue weighted by atomic mass is 10.1. The summed E-state index contributed by atoms with van der Waals surface area (Å²) in [7, 11) is -3.61. The van der Waals surface area contributed by atoms with E-state index in [9.17, 15) is 13.2 Å². The molecule has 0 bridgehead atoms. The number of fused-ring (bicyclic) bond motifs is 1. The van der Waals surface area contributed by atoms with Crippen molar-refractivity contribution in [2.45, 2.75) is 37.8 Å². The Morgan fingerprint density at radius 2 is 1.68 bits per heavy atom. The number of piperazine rings is 1. The normalized spacial score (nSPS) is 16.5. The van der Waals surface area contributed by atoms with E-state index in [1.54, 1.807) is 37.8 Å². The number of hydrogen-bond acceptors (Lipinski definition) is 7. The number of ether oxygens (including phenoxy) is 3. The standard InChI is InChI=1S/C24H31N3O6S/c1-24(2,3)25-34(29,30)20-7-5-19(6-8-20)31-16-23(28)27-12-10-26(11-13-27)15-18-4-9-21-22(14-18)33-17-32-21/h4-9,14,25H,10-13,15-17H2,1-3H3. The smallest absolute Gasteiger partial charge is 0.260 e. The Hall–Kier alpha value is -2.82. The van der Waals surface area contributed by atoms with Gasteiger partial charge in [-0.3, -0.25) is 9.69 Å². The Kier molecular flexibility index (Phi) is 7.01. The summed E-state index contributed by atoms with van der Waals surface area (Å²) in [5, 5.41) is 0. The molecule has 0 aromatic heterocycles. The zero-order chi connectivity index (χ0) is 24.3. The van der Waals surface area contributed by atoms with E-state index in [0.717, 1.165) is 36.7 Å². The molecule has 0 unspecified atom stereocenters. The molecule has 184 valence electrons. The molecule has 1 amide bonds. The summed E-state index contributed by atoms with van der Waals surface area (Å²) in [5.74, 6) is 1.91. The van der Waals surface area contributed by atoms with Crippen LogP contribution >= 0.6 is 0 Å². The average molecular weight is 490 g/mol. The van der Waals surface area contributed by atoms with Gasteiger partial charge in [-0.25, -0.2) is 13.1 Å². The second-order valence-electron chi connectivity index (χ2n) is 9.46. The van der Waals surface area contributed by atoms with E-state index in [0.29, 0.717) is 18.8 Å². The van der Waals surface area contributed by atoms with E-state index in [-0.39, 0.29) is 24.2 Å². The maximum atomic E-state index is 12.6. The van der Waals surface area contributed by atoms with Gasteiger partial charge in [-0.2, -0.15) is 0 Å². The van der Waals surface area contributed by atoms with Gasteiger partial charge in [0, 0.05) is 38.3 Å². The van der Waals surface area contributed by atoms with E-state index < -0.39 is 15.6 Å². The van der Waals surface area contributed by atoms with Crippen molar-refractivity contribution in [3.05, 3.63) is 48.0 Å². The quantitative estimate of drug-likeness (QED) is 0.637. The first-order valence-corrected chi connectivity index (χ1v) is 12.7. The fourth-order valence-electron chi connectivity index (χ4n) is 3.87. The topological polar surface area (TPSA) is 97.4 Å². The van der Waals surface area contributed by atoms with Crippen LogP contribution < -0.4 is 18.9 Å². The van der Waals surface area contributed by atoms with Crippen LogP contribution in [0.1, 0.15) is 26.3 Å². The summed E-state index contributed by atoms with van der Waals surface area (Å²) in [6.45, 7) is 9.11. The summed E-state index contributed by atoms with van der Waals surface area (Å²) in [5.41, 5.74) is 0.574. The lowest BCUT2D eigenvalue weighted by molar-refractivity contribution is -0.135. The molecule has 10 heteroatoms. The number of amides is 1. The van der Waals surface area contributed by atoms with E-state index in [1.165, 1.54) is 12.1 Å². The number of benzene rings is 2. The lowest BCUT2D eigenvalue weighted by Gasteiger charge is -2.34. The number of sulfonamides is 1. The molecular weight excluding hydrogens is 458 g/mol. The second kappa shape index (κ2) is 9.81. The van der Waals surface area contributed by atoms with Crippen molar-refractivity contribution >= 4 is 15.9 Å². The third-order valence-corrected chi connectivity index (χ3v) is 7.28. The fourth-order valence-corrected chi connectivity index (χ4v) is 5.28. The van der Waals surface area contributed by atoms with Crippen LogP contribution in [0.25, 0.3) is 0 Å². The zero-order valence-corrected chi connectivity index (χ0v) is 20.6. The Morgan fingerprint density at radius 1 is 1.00 bits per heavy atom. The number of rotatable bonds is 7. The molecule has 2 aromatic carbocycles. The summed E-state index contributed by atoms with van der Waals surface area (Å²) in [6.07, 6.45) is 0. The van der Waals surface area contributed by atoms with Crippen LogP contribution in [0.5, 0.6) is 17.2 Å². The minimum atomic E-state index is -3.61. The number of carbonyl (C=O) groups excluding carboxylic acids is 1. The first-order chi connectivity index (χ1) is 16.1. The monoisotopic (exact) mass is 489 g/mol. The van der Waals surface area contributed by atoms with Gasteiger partial charge in [-0.1, -0.05) is 6.07 Å². The maximum absolute atomic E-state index is 12.6. The van der Waals surface area contributed by atoms with Crippen LogP contribution in [0, 0.1) is 0 Å². The molecule has 2 aliphatic heterocycles. The van der Waals surface area contributed by atoms with E-state index in [1.807, 2.05) is 18.2 Å². The molecule has 1 fully saturated rings. The summed E-state index contributed by atoms with van der Waals surface area (Å²) in [6, 6.07) is 12.0. The second-order valence-corrected chi connectivity index (χ2v) is 11.1. The maximum Gasteiger partial charge on any atom is 0.260 e. The average Bonchev–Trinajstić information content (AvgIpc) is 3.25. The molecule has 34 heavy (non-hydrogen) atoms. The summed E-state index contributed by atoms with van der Waals surface area (Å²) < 4.78 is 43.8. The Morgan fingerprint density at radius 3 is 2.35 bits per heavy atom. The van der Waals surface area contributed by atoms with Gasteiger partial charge in [0.1, 0.15) is 5.75 Å². The molecular formula is C24H31N3O6S. The fraction of sp³-hybridized carbons (Fsp3) is 0.458. The van der Waals surface area contributed by atoms with Crippen molar-refractivity contribution in [2.75, 3.05) is 39.6 Å². The molecule has 2 heterocycles. The predicted molar refractivity (Wildman–Crippen MR) is 126 cm³/mol. The van der Waals surface area contributed by atoms with Crippen molar-refractivity contribution in [1.29, 1.82) is 0 Å². The van der Waals surface area contributed by atoms with Gasteiger partial charge < -0.3 is 19.1 Å². The molecule has 0 atom stereocenters. The SMILES string of the molecule is CC(C)(C)NS(=O)(=O)c1ccc(OCC(=O)N2CCN(Cc3ccc4c(c3)OCO4)CC2)cc1. The first-order valence-electron chi connectivity index (χ1n) is 11.2. The highest BCUT2D eigenvalue weighted by Gasteiger charge is 2.24. The minimum absolute atomic E-state index is 0.0888. The van der Waals surface area contributed by atoms with Crippen molar-refractivity contribution in [3.8, 4) is 17.2 Å². The Balaban J connectivity index is 1.23. The number of nitrogens with one attached hydrogen (secondary N) is 1. The van der Waals surface area contributed by atoms with E-state index in [2.05, 4.69) is 9.62 Å². The third kappa shape index (κ3) is 6.19. The van der Waals surface area contributed by atoms with Gasteiger partial charge in [-0.15, -0.1) is 0 Å². The first kappa shape index (κ1) is 24.3. The van der Waals surface area contributed by atoms with Crippen LogP contribution in [0.4, 0.5) is 0 Å². The molecule has 2 aromatic rings. The highest BCUT2D eigenvalue weighted by atomic mass is 32.2. The Labute approximate surface area is 200 Å². The minimum Gasteiger partial charge on any atom is -0.484 e. The van der Waals surface area contributed by atoms with Gasteiger partial charge in [0.25, 0.3) is 5.91 Å². The van der Waals surface area contributed by atoms with Crippen molar-refractivity contribution < 1.29 is 27.4 Å². The van der Waals surface area contributed by atoms with Crippen LogP contribution in [-0.4, -0.2) is 69.2 Å². The molecule has 0 spiro atoms. The van der Waals surface area contributed by atoms with Gasteiger partial charge in [0.15, 0.2) is 18.1 Å². The number of nitrogens with zero attached hydrogens (tertiary/aromatic N) is 2. The zero-order valence-electron chi connectivity index (χ0n) is 19.7. The molecule has 1 saturated heterocycles. The highest BCUT2D eigenvalue weighted by Crippen LogP contribution is 2.32. The molecule has 4 rings (SSSR count). The molecule has 0 radical (unpaired) electrons. The summed E-state index contributed by atoms with van der Waals surface area (Å²) in [4.78, 5) is 16.8. The van der Waals surface area contributed by atoms with Crippen molar-refractivity contribution in [3.63, 3.8) is 0 Å². The third-order valence-electron chi connectivity index (χ3n) is 5.51. The van der Waals surface area contributed by atoms with Crippen LogP contribution in [0.2, 0.25) is 0 Å². The Bertz CT molecular complexity index is 1120. The van der Waals surface area contributed by atoms with Crippen LogP contribution in [0.3, 0.4) is 0 Å².